The summed E-state index contributed by atoms with van der Waals surface area (Å²) in [4.78, 5) is 22.0. The van der Waals surface area contributed by atoms with Crippen molar-refractivity contribution < 1.29 is 14.1 Å². The van der Waals surface area contributed by atoms with E-state index in [1.807, 2.05) is 0 Å². The first kappa shape index (κ1) is 13.4. The minimum absolute atomic E-state index is 0.0185. The van der Waals surface area contributed by atoms with Gasteiger partial charge in [-0.3, -0.25) is 14.9 Å². The zero-order valence-corrected chi connectivity index (χ0v) is 10.7. The van der Waals surface area contributed by atoms with Crippen LogP contribution in [0.5, 0.6) is 0 Å². The Morgan fingerprint density at radius 3 is 2.58 bits per heavy atom. The van der Waals surface area contributed by atoms with Crippen LogP contribution in [-0.2, 0) is 0 Å². The Morgan fingerprint density at radius 1 is 1.26 bits per heavy atom. The van der Waals surface area contributed by atoms with Crippen molar-refractivity contribution in [3.8, 4) is 0 Å². The molecule has 0 spiro atoms. The van der Waals surface area contributed by atoms with E-state index in [1.165, 1.54) is 30.3 Å². The molecule has 0 unspecified atom stereocenters. The number of hydrogen-bond donors (Lipinski definition) is 1. The van der Waals surface area contributed by atoms with Gasteiger partial charge in [0.2, 0.25) is 0 Å². The molecule has 19 heavy (non-hydrogen) atoms. The second-order valence-corrected chi connectivity index (χ2v) is 4.29. The number of halogens is 2. The number of nitrogens with zero attached hydrogens (tertiary/aromatic N) is 1. The Labute approximate surface area is 117 Å². The SMILES string of the molecule is O=C(Nc1cc(Cl)ccc1[N+](=O)[O-])c1ccc(Cl)o1. The number of carbonyl (C=O) groups is 1. The molecule has 0 aliphatic heterocycles. The molecule has 2 rings (SSSR count). The molecular formula is C11H6Cl2N2O4. The molecule has 1 amide bonds. The second-order valence-electron chi connectivity index (χ2n) is 3.48. The number of nitro groups is 1. The second kappa shape index (κ2) is 5.29. The molecule has 2 aromatic rings. The summed E-state index contributed by atoms with van der Waals surface area (Å²) >= 11 is 11.3. The highest BCUT2D eigenvalue weighted by molar-refractivity contribution is 6.31. The molecule has 98 valence electrons. The Hall–Kier alpha value is -2.05. The van der Waals surface area contributed by atoms with Crippen LogP contribution < -0.4 is 5.32 Å². The van der Waals surface area contributed by atoms with Crippen LogP contribution in [0.15, 0.2) is 34.7 Å². The maximum atomic E-state index is 11.8. The highest BCUT2D eigenvalue weighted by Gasteiger charge is 2.18. The Morgan fingerprint density at radius 2 is 2.00 bits per heavy atom. The zero-order chi connectivity index (χ0) is 14.0. The number of benzene rings is 1. The average Bonchev–Trinajstić information content (AvgIpc) is 2.75. The summed E-state index contributed by atoms with van der Waals surface area (Å²) in [6.45, 7) is 0. The van der Waals surface area contributed by atoms with Crippen molar-refractivity contribution in [3.05, 3.63) is 56.4 Å². The fourth-order valence-electron chi connectivity index (χ4n) is 1.39. The van der Waals surface area contributed by atoms with Gasteiger partial charge < -0.3 is 9.73 Å². The van der Waals surface area contributed by atoms with Gasteiger partial charge in [0.25, 0.3) is 11.6 Å². The van der Waals surface area contributed by atoms with Crippen LogP contribution in [0.1, 0.15) is 10.6 Å². The van der Waals surface area contributed by atoms with Crippen LogP contribution in [0.3, 0.4) is 0 Å². The standard InChI is InChI=1S/C11H6Cl2N2O4/c12-6-1-2-8(15(17)18)7(5-6)14-11(16)9-3-4-10(13)19-9/h1-5H,(H,14,16). The summed E-state index contributed by atoms with van der Waals surface area (Å²) in [5.74, 6) is -0.712. The minimum atomic E-state index is -0.655. The van der Waals surface area contributed by atoms with Gasteiger partial charge >= 0.3 is 0 Å². The first-order valence-electron chi connectivity index (χ1n) is 4.98. The predicted octanol–water partition coefficient (Wildman–Crippen LogP) is 3.75. The highest BCUT2D eigenvalue weighted by Crippen LogP contribution is 2.28. The predicted molar refractivity (Wildman–Crippen MR) is 69.8 cm³/mol. The molecule has 0 fully saturated rings. The summed E-state index contributed by atoms with van der Waals surface area (Å²) in [5.41, 5.74) is -0.287. The maximum Gasteiger partial charge on any atom is 0.292 e. The number of amides is 1. The molecule has 1 heterocycles. The van der Waals surface area contributed by atoms with E-state index >= 15 is 0 Å². The van der Waals surface area contributed by atoms with Gasteiger partial charge in [-0.05, 0) is 35.9 Å². The van der Waals surface area contributed by atoms with Crippen molar-refractivity contribution >= 4 is 40.5 Å². The fourth-order valence-corrected chi connectivity index (χ4v) is 1.71. The number of hydrogen-bond acceptors (Lipinski definition) is 4. The van der Waals surface area contributed by atoms with Gasteiger partial charge in [0.05, 0.1) is 4.92 Å². The van der Waals surface area contributed by atoms with Crippen molar-refractivity contribution in [1.82, 2.24) is 0 Å². The van der Waals surface area contributed by atoms with Gasteiger partial charge in [-0.2, -0.15) is 0 Å². The van der Waals surface area contributed by atoms with Crippen molar-refractivity contribution in [3.63, 3.8) is 0 Å². The first-order chi connectivity index (χ1) is 8.97. The van der Waals surface area contributed by atoms with Gasteiger partial charge in [0, 0.05) is 11.1 Å². The fraction of sp³-hybridized carbons (Fsp3) is 0. The van der Waals surface area contributed by atoms with Crippen LogP contribution in [0, 0.1) is 10.1 Å². The number of nitro benzene ring substituents is 1. The van der Waals surface area contributed by atoms with E-state index in [9.17, 15) is 14.9 Å². The zero-order valence-electron chi connectivity index (χ0n) is 9.22. The normalized spacial score (nSPS) is 10.2. The summed E-state index contributed by atoms with van der Waals surface area (Å²) in [6.07, 6.45) is 0. The summed E-state index contributed by atoms with van der Waals surface area (Å²) in [6, 6.07) is 6.59. The highest BCUT2D eigenvalue weighted by atomic mass is 35.5. The van der Waals surface area contributed by atoms with E-state index < -0.39 is 10.8 Å². The van der Waals surface area contributed by atoms with Crippen molar-refractivity contribution in [1.29, 1.82) is 0 Å². The summed E-state index contributed by atoms with van der Waals surface area (Å²) in [5, 5.41) is 13.5. The van der Waals surface area contributed by atoms with Gasteiger partial charge in [0.1, 0.15) is 5.69 Å². The molecule has 8 heteroatoms. The van der Waals surface area contributed by atoms with E-state index in [1.54, 1.807) is 0 Å². The molecule has 1 N–H and O–H groups in total. The van der Waals surface area contributed by atoms with Crippen LogP contribution in [0.25, 0.3) is 0 Å². The van der Waals surface area contributed by atoms with Crippen LogP contribution in [-0.4, -0.2) is 10.8 Å². The molecule has 0 atom stereocenters. The molecule has 0 saturated carbocycles. The van der Waals surface area contributed by atoms with E-state index in [0.29, 0.717) is 0 Å². The lowest BCUT2D eigenvalue weighted by atomic mass is 10.2. The van der Waals surface area contributed by atoms with E-state index in [-0.39, 0.29) is 27.4 Å². The van der Waals surface area contributed by atoms with Crippen molar-refractivity contribution in [2.24, 2.45) is 0 Å². The minimum Gasteiger partial charge on any atom is -0.440 e. The number of anilines is 1. The van der Waals surface area contributed by atoms with E-state index in [4.69, 9.17) is 27.6 Å². The lowest BCUT2D eigenvalue weighted by molar-refractivity contribution is -0.383. The Balaban J connectivity index is 2.30. The van der Waals surface area contributed by atoms with Crippen molar-refractivity contribution in [2.75, 3.05) is 5.32 Å². The number of furan rings is 1. The molecular weight excluding hydrogens is 295 g/mol. The van der Waals surface area contributed by atoms with Gasteiger partial charge in [0.15, 0.2) is 11.0 Å². The third-order valence-corrected chi connectivity index (χ3v) is 2.64. The van der Waals surface area contributed by atoms with Crippen LogP contribution in [0.2, 0.25) is 10.2 Å². The number of nitrogens with one attached hydrogen (secondary N) is 1. The number of rotatable bonds is 3. The Bertz CT molecular complexity index is 654. The third-order valence-electron chi connectivity index (χ3n) is 2.20. The van der Waals surface area contributed by atoms with Crippen molar-refractivity contribution in [2.45, 2.75) is 0 Å². The van der Waals surface area contributed by atoms with Gasteiger partial charge in [-0.25, -0.2) is 0 Å². The molecule has 0 aliphatic rings. The molecule has 1 aromatic heterocycles. The summed E-state index contributed by atoms with van der Waals surface area (Å²) < 4.78 is 4.90. The maximum absolute atomic E-state index is 11.8. The molecule has 0 bridgehead atoms. The Kier molecular flexibility index (Phi) is 3.73. The first-order valence-corrected chi connectivity index (χ1v) is 5.73. The monoisotopic (exact) mass is 300 g/mol. The van der Waals surface area contributed by atoms with Gasteiger partial charge in [-0.15, -0.1) is 0 Å². The summed E-state index contributed by atoms with van der Waals surface area (Å²) in [7, 11) is 0. The molecule has 0 radical (unpaired) electrons. The quantitative estimate of drug-likeness (QED) is 0.691. The smallest absolute Gasteiger partial charge is 0.292 e. The van der Waals surface area contributed by atoms with Crippen LogP contribution in [0.4, 0.5) is 11.4 Å². The van der Waals surface area contributed by atoms with E-state index in [2.05, 4.69) is 5.32 Å². The van der Waals surface area contributed by atoms with Crippen LogP contribution >= 0.6 is 23.2 Å². The molecule has 1 aromatic carbocycles. The average molecular weight is 301 g/mol. The lowest BCUT2D eigenvalue weighted by Crippen LogP contribution is -2.12. The topological polar surface area (TPSA) is 85.4 Å². The lowest BCUT2D eigenvalue weighted by Gasteiger charge is -2.04. The largest absolute Gasteiger partial charge is 0.440 e. The van der Waals surface area contributed by atoms with Gasteiger partial charge in [-0.1, -0.05) is 11.6 Å². The molecule has 0 aliphatic carbocycles. The molecule has 0 saturated heterocycles. The van der Waals surface area contributed by atoms with E-state index in [0.717, 1.165) is 0 Å². The number of carbonyl (C=O) groups excluding carboxylic acids is 1. The third kappa shape index (κ3) is 3.04. The molecule has 6 nitrogen and oxygen atoms in total.